The molecule has 1 aliphatic rings. The number of carbonyl (C=O) groups is 1. The summed E-state index contributed by atoms with van der Waals surface area (Å²) in [5.74, 6) is -0.266. The lowest BCUT2D eigenvalue weighted by molar-refractivity contribution is 0.0937. The third-order valence-corrected chi connectivity index (χ3v) is 7.24. The van der Waals surface area contributed by atoms with Crippen molar-refractivity contribution in [2.45, 2.75) is 30.7 Å². The zero-order valence-electron chi connectivity index (χ0n) is 18.4. The summed E-state index contributed by atoms with van der Waals surface area (Å²) in [7, 11) is -0.679. The van der Waals surface area contributed by atoms with Crippen LogP contribution in [0.3, 0.4) is 0 Å². The van der Waals surface area contributed by atoms with E-state index in [-0.39, 0.29) is 16.8 Å². The molecule has 31 heavy (non-hydrogen) atoms. The minimum absolute atomic E-state index is 0.0562. The van der Waals surface area contributed by atoms with Gasteiger partial charge in [0.25, 0.3) is 5.91 Å². The van der Waals surface area contributed by atoms with Gasteiger partial charge >= 0.3 is 0 Å². The molecule has 7 nitrogen and oxygen atoms in total. The number of nitrogens with zero attached hydrogens (tertiary/aromatic N) is 2. The van der Waals surface area contributed by atoms with Crippen molar-refractivity contribution in [1.29, 1.82) is 0 Å². The van der Waals surface area contributed by atoms with Crippen LogP contribution in [-0.4, -0.2) is 65.1 Å². The van der Waals surface area contributed by atoms with Gasteiger partial charge in [-0.05, 0) is 43.5 Å². The van der Waals surface area contributed by atoms with Gasteiger partial charge in [-0.3, -0.25) is 4.79 Å². The number of aryl methyl sites for hydroxylation is 1. The fraction of sp³-hybridized carbons (Fsp3) is 0.435. The highest BCUT2D eigenvalue weighted by Gasteiger charge is 2.24. The van der Waals surface area contributed by atoms with Crippen molar-refractivity contribution in [3.8, 4) is 0 Å². The largest absolute Gasteiger partial charge is 0.378 e. The summed E-state index contributed by atoms with van der Waals surface area (Å²) < 4.78 is 31.9. The van der Waals surface area contributed by atoms with Gasteiger partial charge in [0.1, 0.15) is 0 Å². The number of anilines is 1. The van der Waals surface area contributed by atoms with Gasteiger partial charge in [-0.25, -0.2) is 12.7 Å². The van der Waals surface area contributed by atoms with E-state index >= 15 is 0 Å². The fourth-order valence-corrected chi connectivity index (χ4v) is 4.48. The van der Waals surface area contributed by atoms with Crippen molar-refractivity contribution >= 4 is 21.6 Å². The monoisotopic (exact) mass is 445 g/mol. The molecular formula is C23H31N3O4S. The highest BCUT2D eigenvalue weighted by molar-refractivity contribution is 7.89. The first-order valence-electron chi connectivity index (χ1n) is 10.5. The van der Waals surface area contributed by atoms with Crippen LogP contribution in [0.4, 0.5) is 5.69 Å². The second-order valence-electron chi connectivity index (χ2n) is 7.96. The Morgan fingerprint density at radius 1 is 1.13 bits per heavy atom. The van der Waals surface area contributed by atoms with Gasteiger partial charge in [-0.2, -0.15) is 0 Å². The molecule has 8 heteroatoms. The Bertz CT molecular complexity index is 987. The molecule has 3 rings (SSSR count). The minimum Gasteiger partial charge on any atom is -0.378 e. The van der Waals surface area contributed by atoms with Crippen molar-refractivity contribution in [3.05, 3.63) is 59.7 Å². The van der Waals surface area contributed by atoms with E-state index < -0.39 is 10.0 Å². The molecule has 2 aromatic rings. The van der Waals surface area contributed by atoms with Crippen molar-refractivity contribution < 1.29 is 17.9 Å². The van der Waals surface area contributed by atoms with E-state index in [1.807, 2.05) is 25.1 Å². The Balaban J connectivity index is 1.82. The van der Waals surface area contributed by atoms with Crippen LogP contribution in [0.25, 0.3) is 0 Å². The van der Waals surface area contributed by atoms with Gasteiger partial charge in [-0.1, -0.05) is 30.3 Å². The molecule has 0 radical (unpaired) electrons. The Hall–Kier alpha value is -2.42. The van der Waals surface area contributed by atoms with Gasteiger partial charge in [0.2, 0.25) is 10.0 Å². The topological polar surface area (TPSA) is 79.0 Å². The molecule has 0 aliphatic carbocycles. The average molecular weight is 446 g/mol. The molecule has 2 aromatic carbocycles. The van der Waals surface area contributed by atoms with Crippen LogP contribution < -0.4 is 10.2 Å². The van der Waals surface area contributed by atoms with Crippen LogP contribution in [0.15, 0.2) is 53.4 Å². The molecule has 1 amide bonds. The molecule has 0 unspecified atom stereocenters. The van der Waals surface area contributed by atoms with Gasteiger partial charge in [0, 0.05) is 38.9 Å². The Morgan fingerprint density at radius 2 is 1.81 bits per heavy atom. The number of benzene rings is 2. The maximum atomic E-state index is 13.2. The third-order valence-electron chi connectivity index (χ3n) is 5.43. The maximum absolute atomic E-state index is 13.2. The molecule has 0 aromatic heterocycles. The van der Waals surface area contributed by atoms with Crippen LogP contribution in [0.2, 0.25) is 0 Å². The molecule has 0 bridgehead atoms. The molecule has 1 saturated heterocycles. The first-order valence-corrected chi connectivity index (χ1v) is 12.0. The highest BCUT2D eigenvalue weighted by Crippen LogP contribution is 2.26. The van der Waals surface area contributed by atoms with Crippen LogP contribution in [-0.2, 0) is 21.2 Å². The zero-order valence-corrected chi connectivity index (χ0v) is 19.2. The van der Waals surface area contributed by atoms with E-state index in [9.17, 15) is 13.2 Å². The number of carbonyl (C=O) groups excluding carboxylic acids is 1. The predicted octanol–water partition coefficient (Wildman–Crippen LogP) is 2.52. The Labute approximate surface area is 185 Å². The van der Waals surface area contributed by atoms with Crippen molar-refractivity contribution in [2.24, 2.45) is 0 Å². The van der Waals surface area contributed by atoms with E-state index in [0.29, 0.717) is 31.9 Å². The first kappa shape index (κ1) is 23.2. The smallest absolute Gasteiger partial charge is 0.253 e. The third kappa shape index (κ3) is 5.84. The molecule has 0 spiro atoms. The van der Waals surface area contributed by atoms with E-state index in [1.54, 1.807) is 12.1 Å². The molecule has 1 fully saturated rings. The van der Waals surface area contributed by atoms with Crippen LogP contribution in [0.1, 0.15) is 29.3 Å². The number of nitrogens with one attached hydrogen (secondary N) is 1. The average Bonchev–Trinajstić information content (AvgIpc) is 2.78. The highest BCUT2D eigenvalue weighted by atomic mass is 32.2. The number of morpholine rings is 1. The Morgan fingerprint density at radius 3 is 2.45 bits per heavy atom. The van der Waals surface area contributed by atoms with E-state index in [4.69, 9.17) is 4.74 Å². The quantitative estimate of drug-likeness (QED) is 0.676. The van der Waals surface area contributed by atoms with Gasteiger partial charge in [0.05, 0.1) is 23.7 Å². The summed E-state index contributed by atoms with van der Waals surface area (Å²) in [6.07, 6.45) is 1.64. The van der Waals surface area contributed by atoms with Crippen molar-refractivity contribution in [3.63, 3.8) is 0 Å². The van der Waals surface area contributed by atoms with E-state index in [2.05, 4.69) is 22.3 Å². The molecule has 1 atom stereocenters. The lowest BCUT2D eigenvalue weighted by Crippen LogP contribution is -2.39. The number of rotatable bonds is 8. The first-order chi connectivity index (χ1) is 14.8. The predicted molar refractivity (Wildman–Crippen MR) is 122 cm³/mol. The standard InChI is InChI=1S/C23H31N3O4S/c1-18(9-10-19-7-5-4-6-8-19)24-23(27)21-17-20(31(28,29)25(2)3)11-12-22(21)26-13-15-30-16-14-26/h4-8,11-12,17-18H,9-10,13-16H2,1-3H3,(H,24,27)/t18-/m1/s1. The molecule has 1 aliphatic heterocycles. The lowest BCUT2D eigenvalue weighted by atomic mass is 10.1. The van der Waals surface area contributed by atoms with Gasteiger partial charge < -0.3 is 15.0 Å². The fourth-order valence-electron chi connectivity index (χ4n) is 3.55. The molecule has 168 valence electrons. The summed E-state index contributed by atoms with van der Waals surface area (Å²) in [5, 5.41) is 3.05. The molecule has 1 N–H and O–H groups in total. The second kappa shape index (κ2) is 10.3. The molecular weight excluding hydrogens is 414 g/mol. The summed E-state index contributed by atoms with van der Waals surface area (Å²) in [6, 6.07) is 14.9. The van der Waals surface area contributed by atoms with E-state index in [0.717, 1.165) is 22.8 Å². The van der Waals surface area contributed by atoms with Crippen LogP contribution in [0.5, 0.6) is 0 Å². The number of hydrogen-bond acceptors (Lipinski definition) is 5. The van der Waals surface area contributed by atoms with E-state index in [1.165, 1.54) is 25.7 Å². The molecule has 1 heterocycles. The summed E-state index contributed by atoms with van der Waals surface area (Å²) in [6.45, 7) is 4.43. The van der Waals surface area contributed by atoms with Crippen molar-refractivity contribution in [2.75, 3.05) is 45.3 Å². The number of amides is 1. The summed E-state index contributed by atoms with van der Waals surface area (Å²) in [4.78, 5) is 15.4. The van der Waals surface area contributed by atoms with Gasteiger partial charge in [-0.15, -0.1) is 0 Å². The van der Waals surface area contributed by atoms with Crippen LogP contribution in [0, 0.1) is 0 Å². The maximum Gasteiger partial charge on any atom is 0.253 e. The summed E-state index contributed by atoms with van der Waals surface area (Å²) >= 11 is 0. The lowest BCUT2D eigenvalue weighted by Gasteiger charge is -2.31. The summed E-state index contributed by atoms with van der Waals surface area (Å²) in [5.41, 5.74) is 2.32. The van der Waals surface area contributed by atoms with Crippen molar-refractivity contribution in [1.82, 2.24) is 9.62 Å². The Kier molecular flexibility index (Phi) is 7.69. The SMILES string of the molecule is C[C@H](CCc1ccccc1)NC(=O)c1cc(S(=O)(=O)N(C)C)ccc1N1CCOCC1. The zero-order chi connectivity index (χ0) is 22.4. The van der Waals surface area contributed by atoms with Crippen LogP contribution >= 0.6 is 0 Å². The second-order valence-corrected chi connectivity index (χ2v) is 10.1. The molecule has 0 saturated carbocycles. The van der Waals surface area contributed by atoms with Gasteiger partial charge in [0.15, 0.2) is 0 Å². The number of hydrogen-bond donors (Lipinski definition) is 1. The normalized spacial score (nSPS) is 15.7. The minimum atomic E-state index is -3.64. The number of sulfonamides is 1. The number of ether oxygens (including phenoxy) is 1.